The number of sulfonamides is 1. The molecule has 3 heterocycles. The van der Waals surface area contributed by atoms with Crippen LogP contribution in [0.25, 0.3) is 22.2 Å². The van der Waals surface area contributed by atoms with Gasteiger partial charge in [0.05, 0.1) is 23.9 Å². The summed E-state index contributed by atoms with van der Waals surface area (Å²) in [5, 5.41) is 2.53. The van der Waals surface area contributed by atoms with E-state index >= 15 is 0 Å². The van der Waals surface area contributed by atoms with Crippen LogP contribution in [0, 0.1) is 0 Å². The molecule has 1 amide bonds. The van der Waals surface area contributed by atoms with Crippen LogP contribution in [0.5, 0.6) is 5.75 Å². The third kappa shape index (κ3) is 4.18. The first kappa shape index (κ1) is 22.5. The minimum Gasteiger partial charge on any atom is -0.497 e. The Morgan fingerprint density at radius 3 is 2.38 bits per heavy atom. The van der Waals surface area contributed by atoms with Crippen LogP contribution in [0.4, 0.5) is 0 Å². The van der Waals surface area contributed by atoms with Gasteiger partial charge in [-0.25, -0.2) is 13.4 Å². The Kier molecular flexibility index (Phi) is 6.07. The number of nitrogens with zero attached hydrogens (tertiary/aromatic N) is 3. The Labute approximate surface area is 202 Å². The first-order valence-electron chi connectivity index (χ1n) is 10.8. The summed E-state index contributed by atoms with van der Waals surface area (Å²) in [4.78, 5) is 20.1. The van der Waals surface area contributed by atoms with Crippen LogP contribution < -0.4 is 4.74 Å². The molecule has 174 valence electrons. The number of ether oxygens (including phenoxy) is 1. The van der Waals surface area contributed by atoms with Crippen LogP contribution in [0.2, 0.25) is 0 Å². The van der Waals surface area contributed by atoms with E-state index in [0.717, 1.165) is 22.2 Å². The molecule has 4 aromatic rings. The Balaban J connectivity index is 1.43. The maximum absolute atomic E-state index is 13.6. The van der Waals surface area contributed by atoms with Gasteiger partial charge in [0.25, 0.3) is 15.9 Å². The molecule has 5 rings (SSSR count). The van der Waals surface area contributed by atoms with Crippen molar-refractivity contribution in [2.24, 2.45) is 0 Å². The zero-order valence-corrected chi connectivity index (χ0v) is 20.2. The summed E-state index contributed by atoms with van der Waals surface area (Å²) in [5.74, 6) is 0.623. The van der Waals surface area contributed by atoms with Crippen LogP contribution >= 0.6 is 11.3 Å². The van der Waals surface area contributed by atoms with E-state index in [2.05, 4.69) is 0 Å². The van der Waals surface area contributed by atoms with Gasteiger partial charge < -0.3 is 9.64 Å². The number of thiophene rings is 1. The summed E-state index contributed by atoms with van der Waals surface area (Å²) < 4.78 is 32.7. The van der Waals surface area contributed by atoms with Gasteiger partial charge in [-0.3, -0.25) is 4.79 Å². The third-order valence-corrected chi connectivity index (χ3v) is 9.22. The van der Waals surface area contributed by atoms with E-state index in [9.17, 15) is 13.2 Å². The van der Waals surface area contributed by atoms with Crippen molar-refractivity contribution in [3.05, 3.63) is 77.7 Å². The van der Waals surface area contributed by atoms with Gasteiger partial charge in [0.2, 0.25) is 0 Å². The minimum absolute atomic E-state index is 0.124. The summed E-state index contributed by atoms with van der Waals surface area (Å²) in [6.07, 6.45) is 0. The predicted octanol–water partition coefficient (Wildman–Crippen LogP) is 4.12. The lowest BCUT2D eigenvalue weighted by Gasteiger charge is -2.34. The second-order valence-corrected chi connectivity index (χ2v) is 11.0. The fourth-order valence-electron chi connectivity index (χ4n) is 4.10. The largest absolute Gasteiger partial charge is 0.497 e. The third-order valence-electron chi connectivity index (χ3n) is 5.95. The van der Waals surface area contributed by atoms with E-state index in [1.807, 2.05) is 54.6 Å². The average molecular weight is 494 g/mol. The van der Waals surface area contributed by atoms with Crippen molar-refractivity contribution in [3.63, 3.8) is 0 Å². The molecule has 7 nitrogen and oxygen atoms in total. The summed E-state index contributed by atoms with van der Waals surface area (Å²) in [6.45, 7) is 1.19. The second-order valence-electron chi connectivity index (χ2n) is 7.93. The number of rotatable bonds is 5. The fraction of sp³-hybridized carbons (Fsp3) is 0.200. The van der Waals surface area contributed by atoms with Crippen molar-refractivity contribution in [1.29, 1.82) is 0 Å². The number of amides is 1. The molecule has 1 fully saturated rings. The van der Waals surface area contributed by atoms with Gasteiger partial charge in [0.1, 0.15) is 9.96 Å². The predicted molar refractivity (Wildman–Crippen MR) is 133 cm³/mol. The first-order valence-corrected chi connectivity index (χ1v) is 13.2. The number of pyridine rings is 1. The number of para-hydroxylation sites is 1. The van der Waals surface area contributed by atoms with Gasteiger partial charge >= 0.3 is 0 Å². The van der Waals surface area contributed by atoms with Crippen LogP contribution in [-0.4, -0.2) is 61.8 Å². The fourth-order valence-corrected chi connectivity index (χ4v) is 6.67. The van der Waals surface area contributed by atoms with E-state index < -0.39 is 10.0 Å². The molecule has 0 spiro atoms. The Bertz CT molecular complexity index is 1430. The molecule has 9 heteroatoms. The smallest absolute Gasteiger partial charge is 0.254 e. The van der Waals surface area contributed by atoms with Crippen LogP contribution in [-0.2, 0) is 10.0 Å². The molecule has 0 bridgehead atoms. The zero-order valence-electron chi connectivity index (χ0n) is 18.5. The molecule has 34 heavy (non-hydrogen) atoms. The number of methoxy groups -OCH3 is 1. The maximum Gasteiger partial charge on any atom is 0.254 e. The number of carbonyl (C=O) groups excluding carboxylic acids is 1. The highest BCUT2D eigenvalue weighted by atomic mass is 32.2. The number of hydrogen-bond donors (Lipinski definition) is 0. The zero-order chi connectivity index (χ0) is 23.7. The SMILES string of the molecule is COc1ccc(-c2cc(C(=O)N3CCN(S(=O)(=O)c4cccs4)CC3)c3ccccc3n2)cc1. The molecule has 2 aromatic carbocycles. The van der Waals surface area contributed by atoms with Crippen molar-refractivity contribution in [2.45, 2.75) is 4.21 Å². The van der Waals surface area contributed by atoms with Crippen molar-refractivity contribution in [2.75, 3.05) is 33.3 Å². The molecule has 1 aliphatic rings. The number of aromatic nitrogens is 1. The molecule has 1 saturated heterocycles. The molecule has 2 aromatic heterocycles. The lowest BCUT2D eigenvalue weighted by molar-refractivity contribution is 0.0700. The van der Waals surface area contributed by atoms with Crippen LogP contribution in [0.15, 0.2) is 76.3 Å². The molecular weight excluding hydrogens is 470 g/mol. The normalized spacial score (nSPS) is 14.9. The lowest BCUT2D eigenvalue weighted by atomic mass is 10.0. The highest BCUT2D eigenvalue weighted by molar-refractivity contribution is 7.91. The average Bonchev–Trinajstić information content (AvgIpc) is 3.44. The number of hydrogen-bond acceptors (Lipinski definition) is 6. The topological polar surface area (TPSA) is 79.8 Å². The highest BCUT2D eigenvalue weighted by Crippen LogP contribution is 2.28. The molecule has 1 aliphatic heterocycles. The lowest BCUT2D eigenvalue weighted by Crippen LogP contribution is -2.50. The molecule has 0 N–H and O–H groups in total. The van der Waals surface area contributed by atoms with Gasteiger partial charge in [0.15, 0.2) is 0 Å². The minimum atomic E-state index is -3.52. The van der Waals surface area contributed by atoms with E-state index in [1.54, 1.807) is 29.5 Å². The molecule has 0 saturated carbocycles. The number of piperazine rings is 1. The Morgan fingerprint density at radius 1 is 0.971 bits per heavy atom. The van der Waals surface area contributed by atoms with E-state index in [0.29, 0.717) is 28.6 Å². The molecule has 0 atom stereocenters. The number of carbonyl (C=O) groups is 1. The number of fused-ring (bicyclic) bond motifs is 1. The molecule has 0 unspecified atom stereocenters. The molecular formula is C25H23N3O4S2. The van der Waals surface area contributed by atoms with Crippen molar-refractivity contribution >= 4 is 38.2 Å². The molecule has 0 aliphatic carbocycles. The quantitative estimate of drug-likeness (QED) is 0.418. The molecule has 0 radical (unpaired) electrons. The highest BCUT2D eigenvalue weighted by Gasteiger charge is 2.31. The van der Waals surface area contributed by atoms with Gasteiger partial charge in [-0.2, -0.15) is 4.31 Å². The summed E-state index contributed by atoms with van der Waals surface area (Å²) in [6, 6.07) is 20.3. The van der Waals surface area contributed by atoms with E-state index in [4.69, 9.17) is 9.72 Å². The summed E-state index contributed by atoms with van der Waals surface area (Å²) in [7, 11) is -1.91. The van der Waals surface area contributed by atoms with Crippen molar-refractivity contribution in [1.82, 2.24) is 14.2 Å². The second kappa shape index (κ2) is 9.17. The Morgan fingerprint density at radius 2 is 1.71 bits per heavy atom. The van der Waals surface area contributed by atoms with Crippen LogP contribution in [0.3, 0.4) is 0 Å². The van der Waals surface area contributed by atoms with Crippen LogP contribution in [0.1, 0.15) is 10.4 Å². The first-order chi connectivity index (χ1) is 16.5. The van der Waals surface area contributed by atoms with Gasteiger partial charge in [0, 0.05) is 37.1 Å². The monoisotopic (exact) mass is 493 g/mol. The van der Waals surface area contributed by atoms with E-state index in [1.165, 1.54) is 15.6 Å². The van der Waals surface area contributed by atoms with Gasteiger partial charge in [-0.15, -0.1) is 11.3 Å². The summed E-state index contributed by atoms with van der Waals surface area (Å²) in [5.41, 5.74) is 2.88. The van der Waals surface area contributed by atoms with Gasteiger partial charge in [-0.05, 0) is 47.8 Å². The van der Waals surface area contributed by atoms with E-state index in [-0.39, 0.29) is 19.0 Å². The van der Waals surface area contributed by atoms with Gasteiger partial charge in [-0.1, -0.05) is 24.3 Å². The number of benzene rings is 2. The van der Waals surface area contributed by atoms with Crippen molar-refractivity contribution in [3.8, 4) is 17.0 Å². The maximum atomic E-state index is 13.6. The summed E-state index contributed by atoms with van der Waals surface area (Å²) >= 11 is 1.21. The standard InChI is InChI=1S/C25H23N3O4S2/c1-32-19-10-8-18(9-11-19)23-17-21(20-5-2-3-6-22(20)26-23)25(29)27-12-14-28(15-13-27)34(30,31)24-7-4-16-33-24/h2-11,16-17H,12-15H2,1H3. The Hall–Kier alpha value is -3.27. The van der Waals surface area contributed by atoms with Crippen molar-refractivity contribution < 1.29 is 17.9 Å².